The van der Waals surface area contributed by atoms with Gasteiger partial charge in [0, 0.05) is 30.0 Å². The van der Waals surface area contributed by atoms with Crippen LogP contribution in [0.3, 0.4) is 0 Å². The lowest BCUT2D eigenvalue weighted by Crippen LogP contribution is -2.29. The number of nitrogens with zero attached hydrogens (tertiary/aromatic N) is 1. The second-order valence-electron chi connectivity index (χ2n) is 6.64. The van der Waals surface area contributed by atoms with Gasteiger partial charge in [-0.2, -0.15) is 0 Å². The minimum Gasteiger partial charge on any atom is -0.481 e. The van der Waals surface area contributed by atoms with Crippen molar-refractivity contribution < 1.29 is 13.9 Å². The highest BCUT2D eigenvalue weighted by atomic mass is 35.5. The lowest BCUT2D eigenvalue weighted by atomic mass is 9.75. The largest absolute Gasteiger partial charge is 0.481 e. The summed E-state index contributed by atoms with van der Waals surface area (Å²) in [5.74, 6) is 0.473. The fourth-order valence-electron chi connectivity index (χ4n) is 3.91. The van der Waals surface area contributed by atoms with Gasteiger partial charge in [-0.05, 0) is 29.5 Å². The molecule has 1 aromatic heterocycles. The number of methoxy groups -OCH3 is 2. The molecule has 27 heavy (non-hydrogen) atoms. The third-order valence-electron chi connectivity index (χ3n) is 5.12. The Morgan fingerprint density at radius 3 is 2.41 bits per heavy atom. The number of halogens is 2. The maximum absolute atomic E-state index is 14.6. The third kappa shape index (κ3) is 4.61. The van der Waals surface area contributed by atoms with Gasteiger partial charge in [-0.15, -0.1) is 11.6 Å². The quantitative estimate of drug-likeness (QED) is 0.554. The Labute approximate surface area is 166 Å². The van der Waals surface area contributed by atoms with Gasteiger partial charge >= 0.3 is 0 Å². The highest BCUT2D eigenvalue weighted by Crippen LogP contribution is 2.46. The monoisotopic (exact) mass is 393 g/mol. The zero-order chi connectivity index (χ0) is 19.9. The lowest BCUT2D eigenvalue weighted by Gasteiger charge is -2.31. The van der Waals surface area contributed by atoms with Crippen molar-refractivity contribution in [2.24, 2.45) is 0 Å². The molecule has 1 aliphatic rings. The van der Waals surface area contributed by atoms with Crippen molar-refractivity contribution in [3.05, 3.63) is 47.4 Å². The van der Waals surface area contributed by atoms with Crippen LogP contribution >= 0.6 is 11.6 Å². The highest BCUT2D eigenvalue weighted by Gasteiger charge is 2.38. The number of ether oxygens (including phenoxy) is 2. The number of hydrogen-bond acceptors (Lipinski definition) is 3. The zero-order valence-corrected chi connectivity index (χ0v) is 17.4. The van der Waals surface area contributed by atoms with Crippen molar-refractivity contribution >= 4 is 11.6 Å². The number of aromatic nitrogens is 1. The molecule has 148 valence electrons. The number of hydrogen-bond donors (Lipinski definition) is 0. The minimum atomic E-state index is -0.355. The van der Waals surface area contributed by atoms with E-state index in [9.17, 15) is 4.39 Å². The molecule has 0 N–H and O–H groups in total. The van der Waals surface area contributed by atoms with Gasteiger partial charge in [0.1, 0.15) is 5.82 Å². The molecule has 0 unspecified atom stereocenters. The maximum atomic E-state index is 14.6. The van der Waals surface area contributed by atoms with E-state index >= 15 is 0 Å². The summed E-state index contributed by atoms with van der Waals surface area (Å²) in [6, 6.07) is 7.68. The van der Waals surface area contributed by atoms with Crippen LogP contribution in [-0.2, 0) is 16.0 Å². The zero-order valence-electron chi connectivity index (χ0n) is 16.6. The van der Waals surface area contributed by atoms with Crippen molar-refractivity contribution in [1.82, 2.24) is 4.98 Å². The van der Waals surface area contributed by atoms with Crippen LogP contribution in [0.1, 0.15) is 50.7 Å². The first kappa shape index (κ1) is 21.6. The molecule has 1 fully saturated rings. The van der Waals surface area contributed by atoms with E-state index in [1.54, 1.807) is 13.2 Å². The molecule has 2 aromatic rings. The standard InChI is InChI=1S/C20H23ClFNO2.C2H6/c1-24-13-20(7-3-4-8-20)17-9-14(11-21)5-6-15(17)16-10-19(25-2)23-12-18(16)22;1-2/h5-6,9-10,12H,3-4,7-8,11,13H2,1-2H3;1-2H3. The molecule has 0 spiro atoms. The van der Waals surface area contributed by atoms with Gasteiger partial charge in [-0.1, -0.05) is 44.9 Å². The number of benzene rings is 1. The van der Waals surface area contributed by atoms with E-state index in [-0.39, 0.29) is 11.2 Å². The van der Waals surface area contributed by atoms with Crippen molar-refractivity contribution in [3.8, 4) is 17.0 Å². The fraction of sp³-hybridized carbons (Fsp3) is 0.500. The summed E-state index contributed by atoms with van der Waals surface area (Å²) in [6.45, 7) is 4.62. The van der Waals surface area contributed by atoms with E-state index in [0.717, 1.165) is 42.4 Å². The van der Waals surface area contributed by atoms with Crippen molar-refractivity contribution in [2.45, 2.75) is 50.8 Å². The molecule has 3 rings (SSSR count). The van der Waals surface area contributed by atoms with Gasteiger partial charge < -0.3 is 9.47 Å². The SMILES string of the molecule is CC.COCC1(c2cc(CCl)ccc2-c2cc(OC)ncc2F)CCCC1. The molecule has 0 saturated heterocycles. The average Bonchev–Trinajstić information content (AvgIpc) is 3.19. The minimum absolute atomic E-state index is 0.102. The number of alkyl halides is 1. The lowest BCUT2D eigenvalue weighted by molar-refractivity contribution is 0.132. The van der Waals surface area contributed by atoms with Crippen LogP contribution in [0.4, 0.5) is 4.39 Å². The number of rotatable bonds is 6. The Balaban J connectivity index is 0.00000126. The molecule has 0 bridgehead atoms. The molecule has 0 amide bonds. The van der Waals surface area contributed by atoms with Crippen LogP contribution in [-0.4, -0.2) is 25.8 Å². The highest BCUT2D eigenvalue weighted by molar-refractivity contribution is 6.17. The summed E-state index contributed by atoms with van der Waals surface area (Å²) in [5, 5.41) is 0. The van der Waals surface area contributed by atoms with Crippen LogP contribution in [0.15, 0.2) is 30.5 Å². The Morgan fingerprint density at radius 1 is 1.11 bits per heavy atom. The van der Waals surface area contributed by atoms with Crippen molar-refractivity contribution in [2.75, 3.05) is 20.8 Å². The summed E-state index contributed by atoms with van der Waals surface area (Å²) in [4.78, 5) is 3.95. The number of pyridine rings is 1. The van der Waals surface area contributed by atoms with Crippen molar-refractivity contribution in [1.29, 1.82) is 0 Å². The average molecular weight is 394 g/mol. The van der Waals surface area contributed by atoms with Gasteiger partial charge in [-0.3, -0.25) is 0 Å². The summed E-state index contributed by atoms with van der Waals surface area (Å²) in [5.41, 5.74) is 3.41. The van der Waals surface area contributed by atoms with Crippen molar-refractivity contribution in [3.63, 3.8) is 0 Å². The first-order valence-corrected chi connectivity index (χ1v) is 10.1. The smallest absolute Gasteiger partial charge is 0.213 e. The molecular weight excluding hydrogens is 365 g/mol. The normalized spacial score (nSPS) is 15.2. The summed E-state index contributed by atoms with van der Waals surface area (Å²) in [6.07, 6.45) is 5.57. The molecule has 0 radical (unpaired) electrons. The Hall–Kier alpha value is -1.65. The molecule has 1 aromatic carbocycles. The van der Waals surface area contributed by atoms with Gasteiger partial charge in [-0.25, -0.2) is 9.37 Å². The molecule has 0 atom stereocenters. The second kappa shape index (κ2) is 10.0. The third-order valence-corrected chi connectivity index (χ3v) is 5.43. The van der Waals surface area contributed by atoms with E-state index in [4.69, 9.17) is 21.1 Å². The Kier molecular flexibility index (Phi) is 8.06. The summed E-state index contributed by atoms with van der Waals surface area (Å²) in [7, 11) is 3.26. The molecule has 3 nitrogen and oxygen atoms in total. The first-order valence-electron chi connectivity index (χ1n) is 9.52. The first-order chi connectivity index (χ1) is 13.1. The predicted molar refractivity (Wildman–Crippen MR) is 109 cm³/mol. The van der Waals surface area contributed by atoms with E-state index in [1.165, 1.54) is 13.3 Å². The van der Waals surface area contributed by atoms with Crippen LogP contribution in [0.5, 0.6) is 5.88 Å². The molecule has 1 heterocycles. The van der Waals surface area contributed by atoms with Crippen LogP contribution < -0.4 is 4.74 Å². The van der Waals surface area contributed by atoms with Crippen LogP contribution in [0.2, 0.25) is 0 Å². The van der Waals surface area contributed by atoms with Gasteiger partial charge in [0.15, 0.2) is 0 Å². The molecule has 0 aliphatic heterocycles. The van der Waals surface area contributed by atoms with E-state index in [1.807, 2.05) is 26.0 Å². The van der Waals surface area contributed by atoms with E-state index in [2.05, 4.69) is 11.1 Å². The molecule has 1 saturated carbocycles. The fourth-order valence-corrected chi connectivity index (χ4v) is 4.07. The van der Waals surface area contributed by atoms with E-state index < -0.39 is 0 Å². The van der Waals surface area contributed by atoms with Gasteiger partial charge in [0.25, 0.3) is 0 Å². The maximum Gasteiger partial charge on any atom is 0.213 e. The summed E-state index contributed by atoms with van der Waals surface area (Å²) >= 11 is 6.07. The topological polar surface area (TPSA) is 31.4 Å². The Morgan fingerprint density at radius 2 is 1.81 bits per heavy atom. The molecule has 1 aliphatic carbocycles. The second-order valence-corrected chi connectivity index (χ2v) is 6.91. The summed E-state index contributed by atoms with van der Waals surface area (Å²) < 4.78 is 25.3. The van der Waals surface area contributed by atoms with Crippen LogP contribution in [0.25, 0.3) is 11.1 Å². The van der Waals surface area contributed by atoms with E-state index in [0.29, 0.717) is 23.9 Å². The predicted octanol–water partition coefficient (Wildman–Crippen LogP) is 6.12. The molecule has 5 heteroatoms. The Bertz CT molecular complexity index is 745. The van der Waals surface area contributed by atoms with Gasteiger partial charge in [0.05, 0.1) is 19.9 Å². The molecular formula is C22H29ClFNO2. The van der Waals surface area contributed by atoms with Gasteiger partial charge in [0.2, 0.25) is 5.88 Å². The van der Waals surface area contributed by atoms with Crippen LogP contribution in [0, 0.1) is 5.82 Å².